The van der Waals surface area contributed by atoms with Crippen molar-refractivity contribution in [2.75, 3.05) is 40.0 Å². The van der Waals surface area contributed by atoms with Gasteiger partial charge < -0.3 is 19.7 Å². The fraction of sp³-hybridized carbons (Fsp3) is 0.833. The Morgan fingerprint density at radius 1 is 1.33 bits per heavy atom. The summed E-state index contributed by atoms with van der Waals surface area (Å²) in [6.45, 7) is 4.57. The lowest BCUT2D eigenvalue weighted by Gasteiger charge is -2.30. The molecule has 0 bridgehead atoms. The molecule has 1 N–H and O–H groups in total. The second kappa shape index (κ2) is 7.92. The van der Waals surface area contributed by atoms with Crippen LogP contribution >= 0.6 is 0 Å². The van der Waals surface area contributed by atoms with E-state index in [1.165, 1.54) is 7.11 Å². The second-order valence-corrected chi connectivity index (χ2v) is 4.34. The number of hydrogen-bond acceptors (Lipinski definition) is 4. The van der Waals surface area contributed by atoms with Crippen molar-refractivity contribution >= 4 is 12.0 Å². The number of piperidine rings is 1. The zero-order valence-electron chi connectivity index (χ0n) is 11.1. The number of carbonyl (C=O) groups is 2. The lowest BCUT2D eigenvalue weighted by atomic mass is 9.97. The molecule has 104 valence electrons. The first kappa shape index (κ1) is 14.8. The quantitative estimate of drug-likeness (QED) is 0.785. The van der Waals surface area contributed by atoms with E-state index in [1.807, 2.05) is 6.92 Å². The molecule has 0 aliphatic carbocycles. The van der Waals surface area contributed by atoms with Crippen LogP contribution in [-0.4, -0.2) is 56.9 Å². The zero-order chi connectivity index (χ0) is 13.4. The summed E-state index contributed by atoms with van der Waals surface area (Å²) in [6.07, 6.45) is 1.52. The highest BCUT2D eigenvalue weighted by Gasteiger charge is 2.23. The zero-order valence-corrected chi connectivity index (χ0v) is 11.1. The molecule has 1 saturated heterocycles. The summed E-state index contributed by atoms with van der Waals surface area (Å²) < 4.78 is 9.68. The molecule has 2 amide bonds. The Labute approximate surface area is 108 Å². The molecular formula is C12H22N2O4. The first-order valence-electron chi connectivity index (χ1n) is 6.34. The van der Waals surface area contributed by atoms with Crippen molar-refractivity contribution in [3.63, 3.8) is 0 Å². The molecule has 0 unspecified atom stereocenters. The van der Waals surface area contributed by atoms with Crippen LogP contribution in [0.1, 0.15) is 19.8 Å². The molecule has 6 heteroatoms. The van der Waals surface area contributed by atoms with Gasteiger partial charge in [-0.2, -0.15) is 0 Å². The van der Waals surface area contributed by atoms with Crippen LogP contribution < -0.4 is 5.32 Å². The van der Waals surface area contributed by atoms with Gasteiger partial charge in [0.15, 0.2) is 0 Å². The van der Waals surface area contributed by atoms with Gasteiger partial charge in [0.2, 0.25) is 5.91 Å². The van der Waals surface area contributed by atoms with Crippen LogP contribution in [0.5, 0.6) is 0 Å². The highest BCUT2D eigenvalue weighted by molar-refractivity contribution is 5.77. The first-order valence-corrected chi connectivity index (χ1v) is 6.34. The molecule has 1 fully saturated rings. The van der Waals surface area contributed by atoms with E-state index >= 15 is 0 Å². The predicted molar refractivity (Wildman–Crippen MR) is 66.2 cm³/mol. The normalized spacial score (nSPS) is 16.4. The molecule has 0 spiro atoms. The molecule has 0 atom stereocenters. The lowest BCUT2D eigenvalue weighted by molar-refractivity contribution is -0.125. The van der Waals surface area contributed by atoms with E-state index < -0.39 is 0 Å². The van der Waals surface area contributed by atoms with E-state index in [9.17, 15) is 9.59 Å². The average Bonchev–Trinajstić information content (AvgIpc) is 2.42. The van der Waals surface area contributed by atoms with E-state index in [0.29, 0.717) is 32.2 Å². The van der Waals surface area contributed by atoms with Crippen molar-refractivity contribution in [3.05, 3.63) is 0 Å². The van der Waals surface area contributed by atoms with Gasteiger partial charge in [0.05, 0.1) is 7.11 Å². The Kier molecular flexibility index (Phi) is 6.49. The van der Waals surface area contributed by atoms with Gasteiger partial charge in [-0.1, -0.05) is 0 Å². The standard InChI is InChI=1S/C12H22N2O4/c1-3-18-9-11(15)13-8-10-4-6-14(7-5-10)12(16)17-2/h10H,3-9H2,1-2H3,(H,13,15). The number of likely N-dealkylation sites (tertiary alicyclic amines) is 1. The van der Waals surface area contributed by atoms with Crippen LogP contribution in [0.2, 0.25) is 0 Å². The largest absolute Gasteiger partial charge is 0.453 e. The van der Waals surface area contributed by atoms with Gasteiger partial charge in [-0.05, 0) is 25.7 Å². The van der Waals surface area contributed by atoms with Crippen molar-refractivity contribution in [2.45, 2.75) is 19.8 Å². The number of methoxy groups -OCH3 is 1. The molecule has 1 aliphatic heterocycles. The molecule has 1 rings (SSSR count). The Morgan fingerprint density at radius 2 is 2.00 bits per heavy atom. The fourth-order valence-corrected chi connectivity index (χ4v) is 1.95. The summed E-state index contributed by atoms with van der Waals surface area (Å²) in [6, 6.07) is 0. The average molecular weight is 258 g/mol. The van der Waals surface area contributed by atoms with Crippen LogP contribution in [0.4, 0.5) is 4.79 Å². The number of rotatable bonds is 5. The van der Waals surface area contributed by atoms with Crippen LogP contribution in [0.3, 0.4) is 0 Å². The molecule has 1 aliphatic rings. The minimum Gasteiger partial charge on any atom is -0.453 e. The minimum atomic E-state index is -0.270. The fourth-order valence-electron chi connectivity index (χ4n) is 1.95. The van der Waals surface area contributed by atoms with Crippen molar-refractivity contribution in [2.24, 2.45) is 5.92 Å². The Balaban J connectivity index is 2.15. The third kappa shape index (κ3) is 4.91. The molecule has 0 aromatic heterocycles. The summed E-state index contributed by atoms with van der Waals surface area (Å²) in [4.78, 5) is 24.3. The van der Waals surface area contributed by atoms with Crippen LogP contribution in [-0.2, 0) is 14.3 Å². The Bertz CT molecular complexity index is 275. The van der Waals surface area contributed by atoms with Gasteiger partial charge in [-0.15, -0.1) is 0 Å². The van der Waals surface area contributed by atoms with Gasteiger partial charge >= 0.3 is 6.09 Å². The van der Waals surface area contributed by atoms with Crippen LogP contribution in [0.15, 0.2) is 0 Å². The molecule has 6 nitrogen and oxygen atoms in total. The van der Waals surface area contributed by atoms with Gasteiger partial charge in [-0.3, -0.25) is 4.79 Å². The topological polar surface area (TPSA) is 67.9 Å². The van der Waals surface area contributed by atoms with Gasteiger partial charge in [0, 0.05) is 26.2 Å². The summed E-state index contributed by atoms with van der Waals surface area (Å²) in [5, 5.41) is 2.85. The third-order valence-electron chi connectivity index (χ3n) is 3.07. The SMILES string of the molecule is CCOCC(=O)NCC1CCN(C(=O)OC)CC1. The smallest absolute Gasteiger partial charge is 0.409 e. The summed E-state index contributed by atoms with van der Waals surface area (Å²) in [7, 11) is 1.39. The summed E-state index contributed by atoms with van der Waals surface area (Å²) in [5.41, 5.74) is 0. The first-order chi connectivity index (χ1) is 8.67. The van der Waals surface area contributed by atoms with Gasteiger partial charge in [0.1, 0.15) is 6.61 Å². The number of ether oxygens (including phenoxy) is 2. The maximum absolute atomic E-state index is 11.3. The molecule has 1 heterocycles. The molecular weight excluding hydrogens is 236 g/mol. The van der Waals surface area contributed by atoms with Crippen molar-refractivity contribution in [3.8, 4) is 0 Å². The van der Waals surface area contributed by atoms with Crippen molar-refractivity contribution in [1.82, 2.24) is 10.2 Å². The highest BCUT2D eigenvalue weighted by atomic mass is 16.5. The van der Waals surface area contributed by atoms with E-state index in [2.05, 4.69) is 10.1 Å². The number of amides is 2. The van der Waals surface area contributed by atoms with Crippen molar-refractivity contribution in [1.29, 1.82) is 0 Å². The lowest BCUT2D eigenvalue weighted by Crippen LogP contribution is -2.42. The van der Waals surface area contributed by atoms with Gasteiger partial charge in [0.25, 0.3) is 0 Å². The van der Waals surface area contributed by atoms with E-state index in [1.54, 1.807) is 4.90 Å². The molecule has 0 aromatic rings. The number of hydrogen-bond donors (Lipinski definition) is 1. The maximum Gasteiger partial charge on any atom is 0.409 e. The van der Waals surface area contributed by atoms with Crippen LogP contribution in [0.25, 0.3) is 0 Å². The van der Waals surface area contributed by atoms with E-state index in [4.69, 9.17) is 4.74 Å². The number of nitrogens with one attached hydrogen (secondary N) is 1. The maximum atomic E-state index is 11.3. The van der Waals surface area contributed by atoms with Crippen molar-refractivity contribution < 1.29 is 19.1 Å². The Hall–Kier alpha value is -1.30. The number of carbonyl (C=O) groups excluding carboxylic acids is 2. The molecule has 0 saturated carbocycles. The molecule has 0 aromatic carbocycles. The van der Waals surface area contributed by atoms with Gasteiger partial charge in [-0.25, -0.2) is 4.79 Å². The molecule has 18 heavy (non-hydrogen) atoms. The third-order valence-corrected chi connectivity index (χ3v) is 3.07. The summed E-state index contributed by atoms with van der Waals surface area (Å²) >= 11 is 0. The Morgan fingerprint density at radius 3 is 2.56 bits per heavy atom. The van der Waals surface area contributed by atoms with E-state index in [0.717, 1.165) is 12.8 Å². The van der Waals surface area contributed by atoms with Crippen LogP contribution in [0, 0.1) is 5.92 Å². The minimum absolute atomic E-state index is 0.0766. The predicted octanol–water partition coefficient (Wildman–Crippen LogP) is 0.618. The molecule has 0 radical (unpaired) electrons. The second-order valence-electron chi connectivity index (χ2n) is 4.34. The highest BCUT2D eigenvalue weighted by Crippen LogP contribution is 2.16. The number of nitrogens with zero attached hydrogens (tertiary/aromatic N) is 1. The monoisotopic (exact) mass is 258 g/mol. The summed E-state index contributed by atoms with van der Waals surface area (Å²) in [5.74, 6) is 0.351. The van der Waals surface area contributed by atoms with E-state index in [-0.39, 0.29) is 18.6 Å².